The quantitative estimate of drug-likeness (QED) is 0.784. The zero-order valence-electron chi connectivity index (χ0n) is 12.4. The zero-order chi connectivity index (χ0) is 14.3. The molecule has 0 aliphatic carbocycles. The summed E-state index contributed by atoms with van der Waals surface area (Å²) in [5.74, 6) is 1.78. The summed E-state index contributed by atoms with van der Waals surface area (Å²) in [5.41, 5.74) is 2.44. The third-order valence-corrected chi connectivity index (χ3v) is 3.85. The van der Waals surface area contributed by atoms with Crippen LogP contribution < -0.4 is 10.2 Å². The average molecular weight is 301 g/mol. The second-order valence-corrected chi connectivity index (χ2v) is 6.58. The Labute approximate surface area is 126 Å². The summed E-state index contributed by atoms with van der Waals surface area (Å²) in [7, 11) is 2.11. The Hall–Kier alpha value is -0.380. The average Bonchev–Trinajstić information content (AvgIpc) is 2.35. The molecule has 1 N–H and O–H groups in total. The van der Waals surface area contributed by atoms with Crippen LogP contribution in [0.2, 0.25) is 5.02 Å². The Morgan fingerprint density at radius 1 is 1.37 bits per heavy atom. The van der Waals surface area contributed by atoms with Crippen LogP contribution in [0.4, 0.5) is 5.69 Å². The van der Waals surface area contributed by atoms with Crippen LogP contribution in [0.15, 0.2) is 18.2 Å². The molecule has 1 rings (SSSR count). The standard InChI is InChI=1S/C15H25ClN2S/c1-12(2)10-17-11-13-6-5-7-14(16)15(13)18(3)8-9-19-4/h5-7,12,17H,8-11H2,1-4H3. The normalized spacial score (nSPS) is 11.1. The van der Waals surface area contributed by atoms with E-state index in [4.69, 9.17) is 11.6 Å². The number of para-hydroxylation sites is 1. The maximum Gasteiger partial charge on any atom is 0.0642 e. The minimum atomic E-state index is 0.664. The predicted molar refractivity (Wildman–Crippen MR) is 89.6 cm³/mol. The van der Waals surface area contributed by atoms with Gasteiger partial charge in [0.1, 0.15) is 0 Å². The van der Waals surface area contributed by atoms with E-state index in [0.717, 1.165) is 36.1 Å². The smallest absolute Gasteiger partial charge is 0.0642 e. The molecule has 0 aliphatic rings. The van der Waals surface area contributed by atoms with Gasteiger partial charge in [-0.2, -0.15) is 11.8 Å². The van der Waals surface area contributed by atoms with E-state index in [1.807, 2.05) is 23.9 Å². The SMILES string of the molecule is CSCCN(C)c1c(Cl)cccc1CNCC(C)C. The van der Waals surface area contributed by atoms with E-state index < -0.39 is 0 Å². The summed E-state index contributed by atoms with van der Waals surface area (Å²) < 4.78 is 0. The molecule has 0 atom stereocenters. The minimum absolute atomic E-state index is 0.664. The van der Waals surface area contributed by atoms with Gasteiger partial charge in [-0.05, 0) is 30.3 Å². The molecule has 0 radical (unpaired) electrons. The summed E-state index contributed by atoms with van der Waals surface area (Å²) in [6.07, 6.45) is 2.13. The van der Waals surface area contributed by atoms with Gasteiger partial charge in [-0.3, -0.25) is 0 Å². The highest BCUT2D eigenvalue weighted by atomic mass is 35.5. The molecular formula is C15H25ClN2S. The molecule has 108 valence electrons. The van der Waals surface area contributed by atoms with Crippen LogP contribution >= 0.6 is 23.4 Å². The Bertz CT molecular complexity index is 382. The van der Waals surface area contributed by atoms with Crippen molar-refractivity contribution in [1.29, 1.82) is 0 Å². The second-order valence-electron chi connectivity index (χ2n) is 5.19. The van der Waals surface area contributed by atoms with Gasteiger partial charge in [0.25, 0.3) is 0 Å². The van der Waals surface area contributed by atoms with Crippen molar-refractivity contribution in [2.75, 3.05) is 37.0 Å². The lowest BCUT2D eigenvalue weighted by Crippen LogP contribution is -2.25. The molecule has 0 amide bonds. The van der Waals surface area contributed by atoms with Gasteiger partial charge in [-0.1, -0.05) is 37.6 Å². The molecule has 0 spiro atoms. The lowest BCUT2D eigenvalue weighted by atomic mass is 10.1. The summed E-state index contributed by atoms with van der Waals surface area (Å²) in [4.78, 5) is 2.26. The zero-order valence-corrected chi connectivity index (χ0v) is 13.9. The predicted octanol–water partition coefficient (Wildman–Crippen LogP) is 3.88. The van der Waals surface area contributed by atoms with E-state index in [9.17, 15) is 0 Å². The van der Waals surface area contributed by atoms with Gasteiger partial charge in [0.15, 0.2) is 0 Å². The maximum absolute atomic E-state index is 6.37. The molecular weight excluding hydrogens is 276 g/mol. The van der Waals surface area contributed by atoms with Crippen LogP contribution in [0, 0.1) is 5.92 Å². The first-order valence-electron chi connectivity index (χ1n) is 6.74. The van der Waals surface area contributed by atoms with Gasteiger partial charge in [0.05, 0.1) is 10.7 Å². The summed E-state index contributed by atoms with van der Waals surface area (Å²) in [6, 6.07) is 6.16. The van der Waals surface area contributed by atoms with Crippen LogP contribution in [0.25, 0.3) is 0 Å². The number of halogens is 1. The van der Waals surface area contributed by atoms with E-state index in [1.54, 1.807) is 0 Å². The number of anilines is 1. The molecule has 0 aromatic heterocycles. The molecule has 0 saturated carbocycles. The number of hydrogen-bond acceptors (Lipinski definition) is 3. The van der Waals surface area contributed by atoms with Crippen molar-refractivity contribution >= 4 is 29.1 Å². The molecule has 0 bridgehead atoms. The van der Waals surface area contributed by atoms with Crippen LogP contribution in [0.5, 0.6) is 0 Å². The molecule has 4 heteroatoms. The summed E-state index contributed by atoms with van der Waals surface area (Å²) in [5, 5.41) is 4.33. The van der Waals surface area contributed by atoms with E-state index >= 15 is 0 Å². The van der Waals surface area contributed by atoms with Crippen molar-refractivity contribution in [3.63, 3.8) is 0 Å². The minimum Gasteiger partial charge on any atom is -0.372 e. The van der Waals surface area contributed by atoms with Crippen LogP contribution in [0.1, 0.15) is 19.4 Å². The van der Waals surface area contributed by atoms with Gasteiger partial charge in [-0.15, -0.1) is 0 Å². The maximum atomic E-state index is 6.37. The summed E-state index contributed by atoms with van der Waals surface area (Å²) in [6.45, 7) is 7.35. The fourth-order valence-corrected chi connectivity index (χ4v) is 2.76. The van der Waals surface area contributed by atoms with E-state index in [2.05, 4.69) is 43.4 Å². The van der Waals surface area contributed by atoms with Crippen molar-refractivity contribution in [1.82, 2.24) is 5.32 Å². The van der Waals surface area contributed by atoms with Crippen molar-refractivity contribution in [2.24, 2.45) is 5.92 Å². The Morgan fingerprint density at radius 2 is 2.11 bits per heavy atom. The van der Waals surface area contributed by atoms with Gasteiger partial charge in [-0.25, -0.2) is 0 Å². The van der Waals surface area contributed by atoms with E-state index in [1.165, 1.54) is 5.56 Å². The highest BCUT2D eigenvalue weighted by Crippen LogP contribution is 2.29. The third kappa shape index (κ3) is 5.64. The lowest BCUT2D eigenvalue weighted by molar-refractivity contribution is 0.552. The topological polar surface area (TPSA) is 15.3 Å². The van der Waals surface area contributed by atoms with Crippen LogP contribution in [0.3, 0.4) is 0 Å². The van der Waals surface area contributed by atoms with Crippen LogP contribution in [-0.4, -0.2) is 32.1 Å². The first-order chi connectivity index (χ1) is 9.06. The number of rotatable bonds is 8. The number of hydrogen-bond donors (Lipinski definition) is 1. The Kier molecular flexibility index (Phi) is 7.66. The van der Waals surface area contributed by atoms with Crippen molar-refractivity contribution < 1.29 is 0 Å². The van der Waals surface area contributed by atoms with E-state index in [0.29, 0.717) is 5.92 Å². The molecule has 0 fully saturated rings. The van der Waals surface area contributed by atoms with Gasteiger partial charge < -0.3 is 10.2 Å². The largest absolute Gasteiger partial charge is 0.372 e. The fraction of sp³-hybridized carbons (Fsp3) is 0.600. The highest BCUT2D eigenvalue weighted by Gasteiger charge is 2.11. The molecule has 0 saturated heterocycles. The van der Waals surface area contributed by atoms with Crippen molar-refractivity contribution in [3.8, 4) is 0 Å². The Balaban J connectivity index is 2.76. The number of nitrogens with zero attached hydrogens (tertiary/aromatic N) is 1. The first-order valence-corrected chi connectivity index (χ1v) is 8.51. The van der Waals surface area contributed by atoms with Gasteiger partial charge in [0.2, 0.25) is 0 Å². The summed E-state index contributed by atoms with van der Waals surface area (Å²) >= 11 is 8.23. The number of thioether (sulfide) groups is 1. The van der Waals surface area contributed by atoms with Gasteiger partial charge in [0, 0.05) is 25.9 Å². The van der Waals surface area contributed by atoms with E-state index in [-0.39, 0.29) is 0 Å². The molecule has 1 aromatic rings. The van der Waals surface area contributed by atoms with Crippen LogP contribution in [-0.2, 0) is 6.54 Å². The Morgan fingerprint density at radius 3 is 2.74 bits per heavy atom. The molecule has 0 heterocycles. The molecule has 0 aliphatic heterocycles. The van der Waals surface area contributed by atoms with Crippen molar-refractivity contribution in [2.45, 2.75) is 20.4 Å². The third-order valence-electron chi connectivity index (χ3n) is 2.95. The molecule has 0 unspecified atom stereocenters. The molecule has 2 nitrogen and oxygen atoms in total. The van der Waals surface area contributed by atoms with Gasteiger partial charge >= 0.3 is 0 Å². The monoisotopic (exact) mass is 300 g/mol. The highest BCUT2D eigenvalue weighted by molar-refractivity contribution is 7.98. The first kappa shape index (κ1) is 16.7. The van der Waals surface area contributed by atoms with Crippen molar-refractivity contribution in [3.05, 3.63) is 28.8 Å². The molecule has 19 heavy (non-hydrogen) atoms. The molecule has 1 aromatic carbocycles. The number of benzene rings is 1. The number of nitrogens with one attached hydrogen (secondary N) is 1. The fourth-order valence-electron chi connectivity index (χ4n) is 1.97. The lowest BCUT2D eigenvalue weighted by Gasteiger charge is -2.24. The second kappa shape index (κ2) is 8.72.